The fraction of sp³-hybridized carbons (Fsp3) is 0.235. The number of aryl methyl sites for hydroxylation is 1. The molecule has 0 fully saturated rings. The molecule has 1 N–H and O–H groups in total. The monoisotopic (exact) mass is 294 g/mol. The van der Waals surface area contributed by atoms with Crippen LogP contribution in [0, 0.1) is 11.3 Å². The molecule has 0 atom stereocenters. The number of rotatable bonds is 5. The van der Waals surface area contributed by atoms with Crippen LogP contribution in [-0.2, 0) is 11.8 Å². The number of nitrogens with zero attached hydrogens (tertiary/aromatic N) is 3. The summed E-state index contributed by atoms with van der Waals surface area (Å²) in [4.78, 5) is 11.9. The summed E-state index contributed by atoms with van der Waals surface area (Å²) >= 11 is 0. The number of carbonyl (C=O) groups excluding carboxylic acids is 1. The van der Waals surface area contributed by atoms with Crippen molar-refractivity contribution < 1.29 is 4.79 Å². The maximum Gasteiger partial charge on any atom is 0.262 e. The van der Waals surface area contributed by atoms with Crippen LogP contribution in [0.15, 0.2) is 42.0 Å². The molecule has 0 aliphatic heterocycles. The van der Waals surface area contributed by atoms with Crippen molar-refractivity contribution in [2.75, 3.05) is 6.54 Å². The minimum Gasteiger partial charge on any atom is -0.351 e. The van der Waals surface area contributed by atoms with Crippen LogP contribution in [0.5, 0.6) is 0 Å². The van der Waals surface area contributed by atoms with Crippen LogP contribution < -0.4 is 5.32 Å². The fourth-order valence-corrected chi connectivity index (χ4v) is 2.00. The number of hydrogen-bond acceptors (Lipinski definition) is 3. The summed E-state index contributed by atoms with van der Waals surface area (Å²) in [5, 5.41) is 16.3. The Kier molecular flexibility index (Phi) is 5.10. The predicted octanol–water partition coefficient (Wildman–Crippen LogP) is 2.52. The minimum atomic E-state index is -0.355. The molecule has 0 radical (unpaired) electrons. The predicted molar refractivity (Wildman–Crippen MR) is 85.5 cm³/mol. The molecule has 1 aromatic carbocycles. The van der Waals surface area contributed by atoms with Crippen molar-refractivity contribution >= 4 is 12.0 Å². The van der Waals surface area contributed by atoms with Crippen molar-refractivity contribution in [1.29, 1.82) is 5.26 Å². The van der Waals surface area contributed by atoms with Crippen molar-refractivity contribution in [1.82, 2.24) is 15.1 Å². The van der Waals surface area contributed by atoms with E-state index < -0.39 is 0 Å². The lowest BCUT2D eigenvalue weighted by Crippen LogP contribution is -2.25. The SMILES string of the molecule is CCCNC(=O)/C(C#N)=C/c1cc(-c2ccccc2)nn1C. The molecule has 112 valence electrons. The topological polar surface area (TPSA) is 70.7 Å². The second-order valence-electron chi connectivity index (χ2n) is 4.87. The molecule has 5 heteroatoms. The average molecular weight is 294 g/mol. The first-order chi connectivity index (χ1) is 10.7. The van der Waals surface area contributed by atoms with E-state index in [1.165, 1.54) is 0 Å². The third-order valence-electron chi connectivity index (χ3n) is 3.18. The first-order valence-corrected chi connectivity index (χ1v) is 7.15. The maximum atomic E-state index is 11.9. The molecule has 1 heterocycles. The molecule has 22 heavy (non-hydrogen) atoms. The average Bonchev–Trinajstić information content (AvgIpc) is 2.92. The van der Waals surface area contributed by atoms with Crippen molar-refractivity contribution in [2.24, 2.45) is 7.05 Å². The van der Waals surface area contributed by atoms with Gasteiger partial charge in [0, 0.05) is 19.2 Å². The second kappa shape index (κ2) is 7.23. The lowest BCUT2D eigenvalue weighted by molar-refractivity contribution is -0.117. The van der Waals surface area contributed by atoms with E-state index in [9.17, 15) is 4.79 Å². The number of amides is 1. The van der Waals surface area contributed by atoms with E-state index in [1.807, 2.05) is 49.4 Å². The third kappa shape index (κ3) is 3.61. The number of aromatic nitrogens is 2. The van der Waals surface area contributed by atoms with Crippen LogP contribution in [0.1, 0.15) is 19.0 Å². The zero-order chi connectivity index (χ0) is 15.9. The van der Waals surface area contributed by atoms with Gasteiger partial charge in [0.1, 0.15) is 11.6 Å². The van der Waals surface area contributed by atoms with E-state index in [4.69, 9.17) is 5.26 Å². The highest BCUT2D eigenvalue weighted by Crippen LogP contribution is 2.19. The molecule has 0 aliphatic rings. The van der Waals surface area contributed by atoms with Crippen molar-refractivity contribution in [2.45, 2.75) is 13.3 Å². The molecule has 0 saturated carbocycles. The largest absolute Gasteiger partial charge is 0.351 e. The summed E-state index contributed by atoms with van der Waals surface area (Å²) in [7, 11) is 1.79. The zero-order valence-corrected chi connectivity index (χ0v) is 12.7. The molecule has 0 spiro atoms. The molecular formula is C17H18N4O. The van der Waals surface area contributed by atoms with Crippen molar-refractivity contribution in [3.8, 4) is 17.3 Å². The van der Waals surface area contributed by atoms with Crippen molar-refractivity contribution in [3.63, 3.8) is 0 Å². The molecule has 1 amide bonds. The van der Waals surface area contributed by atoms with Gasteiger partial charge in [0.05, 0.1) is 11.4 Å². The Labute approximate surface area is 129 Å². The Balaban J connectivity index is 2.29. The third-order valence-corrected chi connectivity index (χ3v) is 3.18. The van der Waals surface area contributed by atoms with E-state index in [-0.39, 0.29) is 11.5 Å². The highest BCUT2D eigenvalue weighted by molar-refractivity contribution is 6.01. The van der Waals surface area contributed by atoms with Crippen LogP contribution in [0.2, 0.25) is 0 Å². The highest BCUT2D eigenvalue weighted by Gasteiger charge is 2.11. The molecular weight excluding hydrogens is 276 g/mol. The van der Waals surface area contributed by atoms with Gasteiger partial charge in [0.2, 0.25) is 0 Å². The Morgan fingerprint density at radius 3 is 2.77 bits per heavy atom. The van der Waals surface area contributed by atoms with Crippen LogP contribution in [0.25, 0.3) is 17.3 Å². The molecule has 0 aliphatic carbocycles. The van der Waals surface area contributed by atoms with Gasteiger partial charge in [-0.3, -0.25) is 9.48 Å². The van der Waals surface area contributed by atoms with Gasteiger partial charge in [-0.05, 0) is 18.6 Å². The van der Waals surface area contributed by atoms with E-state index in [0.29, 0.717) is 12.2 Å². The molecule has 0 unspecified atom stereocenters. The Morgan fingerprint density at radius 2 is 2.14 bits per heavy atom. The molecule has 2 aromatic rings. The normalized spacial score (nSPS) is 11.0. The van der Waals surface area contributed by atoms with E-state index >= 15 is 0 Å². The van der Waals surface area contributed by atoms with Gasteiger partial charge in [-0.2, -0.15) is 10.4 Å². The van der Waals surface area contributed by atoms with Gasteiger partial charge >= 0.3 is 0 Å². The van der Waals surface area contributed by atoms with Crippen LogP contribution in [0.4, 0.5) is 0 Å². The molecule has 1 aromatic heterocycles. The van der Waals surface area contributed by atoms with Gasteiger partial charge in [-0.25, -0.2) is 0 Å². The quantitative estimate of drug-likeness (QED) is 0.680. The number of nitrogens with one attached hydrogen (secondary N) is 1. The van der Waals surface area contributed by atoms with Crippen LogP contribution in [-0.4, -0.2) is 22.2 Å². The second-order valence-corrected chi connectivity index (χ2v) is 4.87. The highest BCUT2D eigenvalue weighted by atomic mass is 16.1. The Bertz CT molecular complexity index is 723. The molecule has 0 bridgehead atoms. The minimum absolute atomic E-state index is 0.0797. The maximum absolute atomic E-state index is 11.9. The first kappa shape index (κ1) is 15.5. The lowest BCUT2D eigenvalue weighted by atomic mass is 10.1. The fourth-order valence-electron chi connectivity index (χ4n) is 2.00. The Hall–Kier alpha value is -2.87. The summed E-state index contributed by atoms with van der Waals surface area (Å²) in [6.45, 7) is 2.52. The summed E-state index contributed by atoms with van der Waals surface area (Å²) in [6, 6.07) is 13.6. The standard InChI is InChI=1S/C17H18N4O/c1-3-9-19-17(22)14(12-18)10-15-11-16(20-21(15)2)13-7-5-4-6-8-13/h4-8,10-11H,3,9H2,1-2H3,(H,19,22)/b14-10+. The van der Waals surface area contributed by atoms with E-state index in [1.54, 1.807) is 17.8 Å². The van der Waals surface area contributed by atoms with Gasteiger partial charge in [-0.15, -0.1) is 0 Å². The van der Waals surface area contributed by atoms with Crippen LogP contribution >= 0.6 is 0 Å². The lowest BCUT2D eigenvalue weighted by Gasteiger charge is -2.01. The smallest absolute Gasteiger partial charge is 0.262 e. The molecule has 5 nitrogen and oxygen atoms in total. The van der Waals surface area contributed by atoms with Gasteiger partial charge in [0.25, 0.3) is 5.91 Å². The van der Waals surface area contributed by atoms with Crippen LogP contribution in [0.3, 0.4) is 0 Å². The number of carbonyl (C=O) groups is 1. The van der Waals surface area contributed by atoms with Gasteiger partial charge < -0.3 is 5.32 Å². The summed E-state index contributed by atoms with van der Waals surface area (Å²) < 4.78 is 1.66. The van der Waals surface area contributed by atoms with Gasteiger partial charge in [-0.1, -0.05) is 37.3 Å². The molecule has 0 saturated heterocycles. The number of hydrogen-bond donors (Lipinski definition) is 1. The zero-order valence-electron chi connectivity index (χ0n) is 12.7. The number of nitriles is 1. The van der Waals surface area contributed by atoms with Gasteiger partial charge in [0.15, 0.2) is 0 Å². The summed E-state index contributed by atoms with van der Waals surface area (Å²) in [5.74, 6) is -0.355. The van der Waals surface area contributed by atoms with E-state index in [0.717, 1.165) is 17.7 Å². The first-order valence-electron chi connectivity index (χ1n) is 7.15. The Morgan fingerprint density at radius 1 is 1.41 bits per heavy atom. The summed E-state index contributed by atoms with van der Waals surface area (Å²) in [5.41, 5.74) is 2.59. The number of benzene rings is 1. The molecule has 2 rings (SSSR count). The summed E-state index contributed by atoms with van der Waals surface area (Å²) in [6.07, 6.45) is 2.39. The van der Waals surface area contributed by atoms with E-state index in [2.05, 4.69) is 10.4 Å². The van der Waals surface area contributed by atoms with Crippen molar-refractivity contribution in [3.05, 3.63) is 47.7 Å².